The molecule has 1 unspecified atom stereocenters. The quantitative estimate of drug-likeness (QED) is 0.566. The van der Waals surface area contributed by atoms with Crippen LogP contribution >= 0.6 is 0 Å². The molecule has 0 radical (unpaired) electrons. The smallest absolute Gasteiger partial charge is 0.165 e. The Morgan fingerprint density at radius 2 is 2.18 bits per heavy atom. The van der Waals surface area contributed by atoms with Crippen LogP contribution in [0.2, 0.25) is 0 Å². The van der Waals surface area contributed by atoms with Gasteiger partial charge in [-0.3, -0.25) is 4.98 Å². The maximum atomic E-state index is 14.0. The average molecular weight is 377 g/mol. The lowest BCUT2D eigenvalue weighted by molar-refractivity contribution is 0.260. The van der Waals surface area contributed by atoms with Crippen LogP contribution in [0.3, 0.4) is 0 Å². The van der Waals surface area contributed by atoms with Crippen molar-refractivity contribution in [3.8, 4) is 17.1 Å². The molecule has 0 saturated heterocycles. The molecular weight excluding hydrogens is 361 g/mol. The normalized spacial score (nSPS) is 15.8. The van der Waals surface area contributed by atoms with Gasteiger partial charge in [0.05, 0.1) is 48.0 Å². The summed E-state index contributed by atoms with van der Waals surface area (Å²) in [6.45, 7) is 0.406. The van der Waals surface area contributed by atoms with Crippen molar-refractivity contribution >= 4 is 17.0 Å². The molecule has 4 aromatic rings. The van der Waals surface area contributed by atoms with Crippen LogP contribution in [0, 0.1) is 5.82 Å². The van der Waals surface area contributed by atoms with Gasteiger partial charge in [-0.2, -0.15) is 5.10 Å². The van der Waals surface area contributed by atoms with Crippen LogP contribution in [-0.4, -0.2) is 31.2 Å². The van der Waals surface area contributed by atoms with E-state index >= 15 is 0 Å². The highest BCUT2D eigenvalue weighted by atomic mass is 19.1. The number of anilines is 2. The topological polar surface area (TPSA) is 103 Å². The van der Waals surface area contributed by atoms with Crippen LogP contribution in [-0.2, 0) is 0 Å². The number of rotatable bonds is 3. The van der Waals surface area contributed by atoms with E-state index in [1.807, 2.05) is 6.07 Å². The fourth-order valence-corrected chi connectivity index (χ4v) is 3.34. The third-order valence-corrected chi connectivity index (χ3v) is 4.72. The zero-order chi connectivity index (χ0) is 19.1. The number of benzene rings is 1. The van der Waals surface area contributed by atoms with Gasteiger partial charge >= 0.3 is 0 Å². The largest absolute Gasteiger partial charge is 0.490 e. The Bertz CT molecular complexity index is 1180. The number of halogens is 1. The summed E-state index contributed by atoms with van der Waals surface area (Å²) in [5.74, 6) is 0.855. The number of ether oxygens (including phenoxy) is 1. The zero-order valence-corrected chi connectivity index (χ0v) is 14.7. The molecule has 1 aliphatic rings. The number of nitrogens with one attached hydrogen (secondary N) is 1. The van der Waals surface area contributed by atoms with Crippen molar-refractivity contribution in [2.45, 2.75) is 12.5 Å². The highest BCUT2D eigenvalue weighted by molar-refractivity contribution is 5.76. The zero-order valence-electron chi connectivity index (χ0n) is 14.7. The molecule has 0 spiro atoms. The molecule has 5 rings (SSSR count). The summed E-state index contributed by atoms with van der Waals surface area (Å²) in [6, 6.07) is 4.72. The van der Waals surface area contributed by atoms with Crippen LogP contribution in [0.15, 0.2) is 49.2 Å². The van der Waals surface area contributed by atoms with Gasteiger partial charge in [0, 0.05) is 24.4 Å². The number of para-hydroxylation sites is 1. The summed E-state index contributed by atoms with van der Waals surface area (Å²) in [5.41, 5.74) is 8.78. The Morgan fingerprint density at radius 3 is 3.11 bits per heavy atom. The highest BCUT2D eigenvalue weighted by Gasteiger charge is 2.25. The van der Waals surface area contributed by atoms with Crippen molar-refractivity contribution in [2.75, 3.05) is 17.7 Å². The molecule has 0 amide bonds. The molecule has 140 valence electrons. The van der Waals surface area contributed by atoms with Crippen LogP contribution in [0.5, 0.6) is 5.75 Å². The summed E-state index contributed by atoms with van der Waals surface area (Å²) in [5, 5.41) is 7.61. The van der Waals surface area contributed by atoms with Crippen molar-refractivity contribution in [1.29, 1.82) is 0 Å². The summed E-state index contributed by atoms with van der Waals surface area (Å²) >= 11 is 0. The number of nitrogens with two attached hydrogens (primary N) is 1. The Hall–Kier alpha value is -3.75. The first kappa shape index (κ1) is 16.4. The van der Waals surface area contributed by atoms with Gasteiger partial charge in [0.25, 0.3) is 0 Å². The fourth-order valence-electron chi connectivity index (χ4n) is 3.34. The minimum Gasteiger partial charge on any atom is -0.490 e. The summed E-state index contributed by atoms with van der Waals surface area (Å²) in [7, 11) is 0. The maximum Gasteiger partial charge on any atom is 0.165 e. The first-order valence-corrected chi connectivity index (χ1v) is 8.78. The predicted molar refractivity (Wildman–Crippen MR) is 101 cm³/mol. The third-order valence-electron chi connectivity index (χ3n) is 4.72. The standard InChI is InChI=1S/C19H16FN7O/c20-13-3-1-2-11-15(4-7-28-17(11)13)25-19-14(21)9-23-18(26-19)12-8-24-27-6-5-22-10-16(12)27/h1-3,5-6,8-10,15H,4,7,21H2,(H,23,25,26). The monoisotopic (exact) mass is 377 g/mol. The van der Waals surface area contributed by atoms with E-state index in [9.17, 15) is 4.39 Å². The van der Waals surface area contributed by atoms with E-state index in [2.05, 4.69) is 25.4 Å². The van der Waals surface area contributed by atoms with E-state index in [-0.39, 0.29) is 17.6 Å². The van der Waals surface area contributed by atoms with E-state index in [0.717, 1.165) is 16.6 Å². The van der Waals surface area contributed by atoms with Crippen molar-refractivity contribution in [3.63, 3.8) is 0 Å². The second kappa shape index (κ2) is 6.45. The van der Waals surface area contributed by atoms with Gasteiger partial charge < -0.3 is 15.8 Å². The molecule has 1 atom stereocenters. The highest BCUT2D eigenvalue weighted by Crippen LogP contribution is 2.37. The molecule has 1 aliphatic heterocycles. The van der Waals surface area contributed by atoms with E-state index in [1.165, 1.54) is 6.07 Å². The molecule has 0 saturated carbocycles. The second-order valence-electron chi connectivity index (χ2n) is 6.45. The first-order valence-electron chi connectivity index (χ1n) is 8.78. The Labute approximate surface area is 159 Å². The van der Waals surface area contributed by atoms with Crippen LogP contribution < -0.4 is 15.8 Å². The van der Waals surface area contributed by atoms with Crippen molar-refractivity contribution in [1.82, 2.24) is 24.6 Å². The molecule has 0 bridgehead atoms. The van der Waals surface area contributed by atoms with Crippen molar-refractivity contribution < 1.29 is 9.13 Å². The summed E-state index contributed by atoms with van der Waals surface area (Å²) < 4.78 is 21.2. The first-order chi connectivity index (χ1) is 13.7. The number of nitrogens with zero attached hydrogens (tertiary/aromatic N) is 5. The number of aromatic nitrogens is 5. The van der Waals surface area contributed by atoms with Gasteiger partial charge in [-0.1, -0.05) is 12.1 Å². The van der Waals surface area contributed by atoms with Gasteiger partial charge in [-0.15, -0.1) is 0 Å². The van der Waals surface area contributed by atoms with Gasteiger partial charge in [-0.05, 0) is 6.07 Å². The lowest BCUT2D eigenvalue weighted by Crippen LogP contribution is -2.22. The van der Waals surface area contributed by atoms with Crippen molar-refractivity contribution in [2.24, 2.45) is 0 Å². The van der Waals surface area contributed by atoms with E-state index < -0.39 is 0 Å². The molecular formula is C19H16FN7O. The molecule has 3 N–H and O–H groups in total. The minimum atomic E-state index is -0.376. The summed E-state index contributed by atoms with van der Waals surface area (Å²) in [6.07, 6.45) is 9.01. The third kappa shape index (κ3) is 2.68. The molecule has 3 aromatic heterocycles. The molecule has 28 heavy (non-hydrogen) atoms. The fraction of sp³-hybridized carbons (Fsp3) is 0.158. The number of nitrogen functional groups attached to an aromatic ring is 1. The Kier molecular flexibility index (Phi) is 3.78. The van der Waals surface area contributed by atoms with Gasteiger partial charge in [0.1, 0.15) is 0 Å². The lowest BCUT2D eigenvalue weighted by atomic mass is 10.0. The maximum absolute atomic E-state index is 14.0. The average Bonchev–Trinajstić information content (AvgIpc) is 3.15. The van der Waals surface area contributed by atoms with E-state index in [0.29, 0.717) is 30.4 Å². The second-order valence-corrected chi connectivity index (χ2v) is 6.45. The molecule has 9 heteroatoms. The van der Waals surface area contributed by atoms with Crippen LogP contribution in [0.25, 0.3) is 16.9 Å². The van der Waals surface area contributed by atoms with Crippen LogP contribution in [0.4, 0.5) is 15.9 Å². The molecule has 8 nitrogen and oxygen atoms in total. The van der Waals surface area contributed by atoms with Crippen molar-refractivity contribution in [3.05, 3.63) is 60.6 Å². The SMILES string of the molecule is Nc1cnc(-c2cnn3ccncc23)nc1NC1CCOc2c(F)cccc21. The predicted octanol–water partition coefficient (Wildman–Crippen LogP) is 2.84. The van der Waals surface area contributed by atoms with E-state index in [4.69, 9.17) is 10.5 Å². The van der Waals surface area contributed by atoms with Gasteiger partial charge in [0.2, 0.25) is 0 Å². The summed E-state index contributed by atoms with van der Waals surface area (Å²) in [4.78, 5) is 13.1. The van der Waals surface area contributed by atoms with Crippen LogP contribution in [0.1, 0.15) is 18.0 Å². The molecule has 0 aliphatic carbocycles. The lowest BCUT2D eigenvalue weighted by Gasteiger charge is -2.27. The molecule has 4 heterocycles. The van der Waals surface area contributed by atoms with Gasteiger partial charge in [-0.25, -0.2) is 18.9 Å². The Balaban J connectivity index is 1.52. The van der Waals surface area contributed by atoms with Gasteiger partial charge in [0.15, 0.2) is 23.2 Å². The Morgan fingerprint density at radius 1 is 1.25 bits per heavy atom. The molecule has 1 aromatic carbocycles. The number of fused-ring (bicyclic) bond motifs is 2. The number of hydrogen-bond donors (Lipinski definition) is 2. The van der Waals surface area contributed by atoms with E-state index in [1.54, 1.807) is 41.6 Å². The molecule has 0 fully saturated rings. The number of hydrogen-bond acceptors (Lipinski definition) is 7. The minimum absolute atomic E-state index is 0.171.